The van der Waals surface area contributed by atoms with E-state index in [1.165, 1.54) is 4.31 Å². The van der Waals surface area contributed by atoms with Gasteiger partial charge in [-0.05, 0) is 59.3 Å². The summed E-state index contributed by atoms with van der Waals surface area (Å²) in [6.07, 6.45) is 2.01. The van der Waals surface area contributed by atoms with Crippen molar-refractivity contribution in [3.8, 4) is 0 Å². The van der Waals surface area contributed by atoms with Crippen molar-refractivity contribution in [1.82, 2.24) is 4.31 Å². The van der Waals surface area contributed by atoms with Crippen molar-refractivity contribution in [3.05, 3.63) is 26.6 Å². The molecular formula is C14H19Br2NO3S. The van der Waals surface area contributed by atoms with Gasteiger partial charge in [0.2, 0.25) is 10.0 Å². The Labute approximate surface area is 143 Å². The molecule has 118 valence electrons. The van der Waals surface area contributed by atoms with Crippen LogP contribution in [0.3, 0.4) is 0 Å². The second kappa shape index (κ2) is 7.08. The lowest BCUT2D eigenvalue weighted by atomic mass is 10.0. The summed E-state index contributed by atoms with van der Waals surface area (Å²) in [5, 5.41) is 0. The molecule has 0 radical (unpaired) electrons. The highest BCUT2D eigenvalue weighted by atomic mass is 79.9. The molecule has 0 aromatic heterocycles. The second-order valence-electron chi connectivity index (χ2n) is 5.40. The highest BCUT2D eigenvalue weighted by Crippen LogP contribution is 2.31. The first-order chi connectivity index (χ1) is 9.82. The zero-order chi connectivity index (χ0) is 15.6. The Kier molecular flexibility index (Phi) is 5.87. The van der Waals surface area contributed by atoms with Crippen molar-refractivity contribution < 1.29 is 13.2 Å². The maximum atomic E-state index is 12.7. The number of sulfonamides is 1. The van der Waals surface area contributed by atoms with Crippen LogP contribution in [0.1, 0.15) is 18.4 Å². The zero-order valence-electron chi connectivity index (χ0n) is 12.1. The third-order valence-electron chi connectivity index (χ3n) is 3.67. The van der Waals surface area contributed by atoms with Crippen LogP contribution in [0, 0.1) is 12.8 Å². The van der Waals surface area contributed by atoms with E-state index < -0.39 is 10.0 Å². The molecule has 0 bridgehead atoms. The van der Waals surface area contributed by atoms with E-state index in [2.05, 4.69) is 31.9 Å². The van der Waals surface area contributed by atoms with Crippen molar-refractivity contribution in [2.75, 3.05) is 26.8 Å². The maximum absolute atomic E-state index is 12.7. The Morgan fingerprint density at radius 2 is 2.05 bits per heavy atom. The average Bonchev–Trinajstić information content (AvgIpc) is 2.43. The van der Waals surface area contributed by atoms with Gasteiger partial charge < -0.3 is 4.74 Å². The van der Waals surface area contributed by atoms with E-state index in [0.29, 0.717) is 22.5 Å². The van der Waals surface area contributed by atoms with Gasteiger partial charge in [-0.25, -0.2) is 12.7 Å². The molecule has 1 aliphatic rings. The zero-order valence-corrected chi connectivity index (χ0v) is 16.1. The molecule has 0 N–H and O–H groups in total. The number of benzene rings is 1. The number of hydrogen-bond donors (Lipinski definition) is 0. The normalized spacial score (nSPS) is 20.0. The third kappa shape index (κ3) is 4.07. The largest absolute Gasteiger partial charge is 0.381 e. The van der Waals surface area contributed by atoms with Crippen molar-refractivity contribution in [1.29, 1.82) is 0 Å². The van der Waals surface area contributed by atoms with Crippen LogP contribution in [-0.2, 0) is 14.8 Å². The molecule has 1 atom stereocenters. The Balaban J connectivity index is 2.22. The van der Waals surface area contributed by atoms with Crippen LogP contribution in [0.2, 0.25) is 0 Å². The van der Waals surface area contributed by atoms with E-state index in [1.54, 1.807) is 13.1 Å². The molecule has 0 amide bonds. The number of hydrogen-bond acceptors (Lipinski definition) is 3. The lowest BCUT2D eigenvalue weighted by molar-refractivity contribution is 0.0495. The second-order valence-corrected chi connectivity index (χ2v) is 9.12. The molecule has 1 aliphatic heterocycles. The summed E-state index contributed by atoms with van der Waals surface area (Å²) in [7, 11) is -1.88. The van der Waals surface area contributed by atoms with Crippen LogP contribution in [0.15, 0.2) is 26.0 Å². The molecule has 7 heteroatoms. The van der Waals surface area contributed by atoms with Gasteiger partial charge in [-0.1, -0.05) is 15.9 Å². The van der Waals surface area contributed by atoms with Gasteiger partial charge in [0.25, 0.3) is 0 Å². The van der Waals surface area contributed by atoms with E-state index in [-0.39, 0.29) is 5.92 Å². The minimum Gasteiger partial charge on any atom is -0.381 e. The first-order valence-corrected chi connectivity index (χ1v) is 9.84. The van der Waals surface area contributed by atoms with E-state index in [4.69, 9.17) is 4.74 Å². The maximum Gasteiger partial charge on any atom is 0.243 e. The van der Waals surface area contributed by atoms with Gasteiger partial charge in [0.05, 0.1) is 11.5 Å². The van der Waals surface area contributed by atoms with Gasteiger partial charge >= 0.3 is 0 Å². The monoisotopic (exact) mass is 439 g/mol. The fraction of sp³-hybridized carbons (Fsp3) is 0.571. The molecule has 1 aromatic carbocycles. The van der Waals surface area contributed by atoms with Crippen molar-refractivity contribution >= 4 is 41.9 Å². The number of aryl methyl sites for hydroxylation is 1. The highest BCUT2D eigenvalue weighted by Gasteiger charge is 2.27. The first-order valence-electron chi connectivity index (χ1n) is 6.82. The molecule has 0 aliphatic carbocycles. The number of rotatable bonds is 4. The topological polar surface area (TPSA) is 46.6 Å². The smallest absolute Gasteiger partial charge is 0.243 e. The minimum absolute atomic E-state index is 0.270. The average molecular weight is 441 g/mol. The summed E-state index contributed by atoms with van der Waals surface area (Å²) in [6.45, 7) is 3.83. The van der Waals surface area contributed by atoms with Crippen molar-refractivity contribution in [2.24, 2.45) is 5.92 Å². The van der Waals surface area contributed by atoms with Crippen LogP contribution in [0.25, 0.3) is 0 Å². The summed E-state index contributed by atoms with van der Waals surface area (Å²) >= 11 is 6.76. The van der Waals surface area contributed by atoms with Gasteiger partial charge in [0.15, 0.2) is 0 Å². The molecule has 0 saturated carbocycles. The van der Waals surface area contributed by atoms with Crippen molar-refractivity contribution in [2.45, 2.75) is 24.7 Å². The summed E-state index contributed by atoms with van der Waals surface area (Å²) in [5.74, 6) is 0.270. The number of ether oxygens (including phenoxy) is 1. The number of halogens is 2. The molecule has 1 unspecified atom stereocenters. The SMILES string of the molecule is Cc1cc(Br)c(S(=O)(=O)N(C)CC2CCCOC2)cc1Br. The fourth-order valence-corrected chi connectivity index (χ4v) is 5.29. The Morgan fingerprint density at radius 3 is 2.67 bits per heavy atom. The molecule has 1 fully saturated rings. The van der Waals surface area contributed by atoms with Crippen LogP contribution in [0.5, 0.6) is 0 Å². The van der Waals surface area contributed by atoms with E-state index >= 15 is 0 Å². The highest BCUT2D eigenvalue weighted by molar-refractivity contribution is 9.11. The lowest BCUT2D eigenvalue weighted by Crippen LogP contribution is -2.35. The van der Waals surface area contributed by atoms with Gasteiger partial charge in [0, 0.05) is 29.1 Å². The van der Waals surface area contributed by atoms with Gasteiger partial charge in [0.1, 0.15) is 0 Å². The van der Waals surface area contributed by atoms with Crippen LogP contribution in [-0.4, -0.2) is 39.5 Å². The van der Waals surface area contributed by atoms with E-state index in [1.807, 2.05) is 13.0 Å². The molecule has 21 heavy (non-hydrogen) atoms. The fourth-order valence-electron chi connectivity index (χ4n) is 2.41. The standard InChI is InChI=1S/C14H19Br2NO3S/c1-10-6-13(16)14(7-12(10)15)21(18,19)17(2)8-11-4-3-5-20-9-11/h6-7,11H,3-5,8-9H2,1-2H3. The summed E-state index contributed by atoms with van der Waals surface area (Å²) in [6, 6.07) is 3.47. The van der Waals surface area contributed by atoms with E-state index in [0.717, 1.165) is 29.5 Å². The quantitative estimate of drug-likeness (QED) is 0.718. The molecule has 4 nitrogen and oxygen atoms in total. The summed E-state index contributed by atoms with van der Waals surface area (Å²) < 4.78 is 33.7. The lowest BCUT2D eigenvalue weighted by Gasteiger charge is -2.27. The molecule has 1 aromatic rings. The predicted molar refractivity (Wildman–Crippen MR) is 89.9 cm³/mol. The molecule has 1 heterocycles. The summed E-state index contributed by atoms with van der Waals surface area (Å²) in [4.78, 5) is 0.291. The van der Waals surface area contributed by atoms with Crippen LogP contribution >= 0.6 is 31.9 Å². The van der Waals surface area contributed by atoms with Crippen LogP contribution < -0.4 is 0 Å². The van der Waals surface area contributed by atoms with Gasteiger partial charge in [-0.2, -0.15) is 0 Å². The van der Waals surface area contributed by atoms with Gasteiger partial charge in [-0.3, -0.25) is 0 Å². The van der Waals surface area contributed by atoms with Crippen molar-refractivity contribution in [3.63, 3.8) is 0 Å². The molecule has 0 spiro atoms. The third-order valence-corrected chi connectivity index (χ3v) is 7.31. The first kappa shape index (κ1) is 17.4. The Morgan fingerprint density at radius 1 is 1.33 bits per heavy atom. The molecule has 1 saturated heterocycles. The minimum atomic E-state index is -3.51. The predicted octanol–water partition coefficient (Wildman–Crippen LogP) is 3.57. The van der Waals surface area contributed by atoms with E-state index in [9.17, 15) is 8.42 Å². The number of nitrogens with zero attached hydrogens (tertiary/aromatic N) is 1. The molecular weight excluding hydrogens is 422 g/mol. The van der Waals surface area contributed by atoms with Crippen LogP contribution in [0.4, 0.5) is 0 Å². The Hall–Kier alpha value is 0.0500. The Bertz CT molecular complexity index is 613. The summed E-state index contributed by atoms with van der Waals surface area (Å²) in [5.41, 5.74) is 0.990. The van der Waals surface area contributed by atoms with Gasteiger partial charge in [-0.15, -0.1) is 0 Å². The molecule has 2 rings (SSSR count).